The Morgan fingerprint density at radius 2 is 2.62 bits per heavy atom. The molecule has 0 bridgehead atoms. The van der Waals surface area contributed by atoms with Crippen molar-refractivity contribution in [1.82, 2.24) is 4.90 Å². The fourth-order valence-electron chi connectivity index (χ4n) is 0.995. The third kappa shape index (κ3) is 3.40. The van der Waals surface area contributed by atoms with Crippen molar-refractivity contribution in [3.05, 3.63) is 24.0 Å². The fourth-order valence-corrected chi connectivity index (χ4v) is 0.995. The molecule has 3 N–H and O–H groups in total. The van der Waals surface area contributed by atoms with E-state index in [-0.39, 0.29) is 0 Å². The van der Waals surface area contributed by atoms with Crippen molar-refractivity contribution in [1.29, 1.82) is 0 Å². The molecule has 0 aromatic heterocycles. The van der Waals surface area contributed by atoms with E-state index in [1.807, 2.05) is 30.2 Å². The summed E-state index contributed by atoms with van der Waals surface area (Å²) in [5, 5.41) is 8.81. The Kier molecular flexibility index (Phi) is 3.67. The van der Waals surface area contributed by atoms with Crippen LogP contribution in [0.1, 0.15) is 13.3 Å². The Balaban J connectivity index is 2.41. The van der Waals surface area contributed by atoms with Gasteiger partial charge in [0.05, 0.1) is 0 Å². The zero-order chi connectivity index (χ0) is 9.68. The molecule has 0 aromatic carbocycles. The van der Waals surface area contributed by atoms with Gasteiger partial charge in [0.25, 0.3) is 0 Å². The molecule has 0 radical (unpaired) electrons. The number of nitrogens with two attached hydrogens (primary N) is 1. The summed E-state index contributed by atoms with van der Waals surface area (Å²) >= 11 is 0. The number of rotatable bonds is 3. The molecule has 1 rings (SSSR count). The van der Waals surface area contributed by atoms with Gasteiger partial charge in [0.15, 0.2) is 0 Å². The maximum atomic E-state index is 8.81. The van der Waals surface area contributed by atoms with Gasteiger partial charge < -0.3 is 15.7 Å². The largest absolute Gasteiger partial charge is 0.379 e. The van der Waals surface area contributed by atoms with Crippen LogP contribution in [0.2, 0.25) is 0 Å². The SMILES string of the molecule is CC1=CC=NCN1/C=C\CC(N)O. The van der Waals surface area contributed by atoms with Crippen LogP contribution in [-0.4, -0.2) is 29.1 Å². The first-order chi connectivity index (χ1) is 6.20. The normalized spacial score (nSPS) is 19.3. The smallest absolute Gasteiger partial charge is 0.113 e. The first-order valence-electron chi connectivity index (χ1n) is 4.24. The Morgan fingerprint density at radius 3 is 3.23 bits per heavy atom. The predicted molar refractivity (Wildman–Crippen MR) is 52.9 cm³/mol. The van der Waals surface area contributed by atoms with E-state index >= 15 is 0 Å². The van der Waals surface area contributed by atoms with E-state index in [9.17, 15) is 0 Å². The predicted octanol–water partition coefficient (Wildman–Crippen LogP) is 0.415. The molecular weight excluding hydrogens is 166 g/mol. The Morgan fingerprint density at radius 1 is 1.85 bits per heavy atom. The van der Waals surface area contributed by atoms with E-state index < -0.39 is 6.23 Å². The molecule has 0 amide bonds. The van der Waals surface area contributed by atoms with Gasteiger partial charge in [0.1, 0.15) is 12.9 Å². The third-order valence-corrected chi connectivity index (χ3v) is 1.77. The van der Waals surface area contributed by atoms with Crippen molar-refractivity contribution in [3.63, 3.8) is 0 Å². The van der Waals surface area contributed by atoms with Gasteiger partial charge in [-0.2, -0.15) is 0 Å². The summed E-state index contributed by atoms with van der Waals surface area (Å²) in [5.41, 5.74) is 6.32. The third-order valence-electron chi connectivity index (χ3n) is 1.77. The minimum atomic E-state index is -0.770. The van der Waals surface area contributed by atoms with Gasteiger partial charge in [-0.05, 0) is 13.0 Å². The molecule has 1 unspecified atom stereocenters. The molecule has 1 atom stereocenters. The lowest BCUT2D eigenvalue weighted by Crippen LogP contribution is -2.20. The molecule has 0 saturated heterocycles. The van der Waals surface area contributed by atoms with Crippen molar-refractivity contribution in [2.75, 3.05) is 6.67 Å². The number of aliphatic imine (C=N–C) groups is 1. The summed E-state index contributed by atoms with van der Waals surface area (Å²) in [6.45, 7) is 2.65. The van der Waals surface area contributed by atoms with Crippen LogP contribution < -0.4 is 5.73 Å². The molecular formula is C9H15N3O. The molecule has 72 valence electrons. The average molecular weight is 181 g/mol. The van der Waals surface area contributed by atoms with Crippen LogP contribution in [0.15, 0.2) is 29.0 Å². The van der Waals surface area contributed by atoms with E-state index in [0.717, 1.165) is 5.70 Å². The van der Waals surface area contributed by atoms with E-state index in [4.69, 9.17) is 10.8 Å². The van der Waals surface area contributed by atoms with Crippen LogP contribution in [0.5, 0.6) is 0 Å². The zero-order valence-electron chi connectivity index (χ0n) is 7.72. The number of hydrogen-bond donors (Lipinski definition) is 2. The Labute approximate surface area is 78.1 Å². The molecule has 0 aromatic rings. The van der Waals surface area contributed by atoms with E-state index in [1.165, 1.54) is 0 Å². The summed E-state index contributed by atoms with van der Waals surface area (Å²) in [5.74, 6) is 0. The molecule has 0 spiro atoms. The molecule has 1 aliphatic heterocycles. The summed E-state index contributed by atoms with van der Waals surface area (Å²) in [6, 6.07) is 0. The monoisotopic (exact) mass is 181 g/mol. The van der Waals surface area contributed by atoms with Gasteiger partial charge >= 0.3 is 0 Å². The van der Waals surface area contributed by atoms with Gasteiger partial charge in [-0.3, -0.25) is 4.99 Å². The second-order valence-corrected chi connectivity index (χ2v) is 2.94. The number of nitrogens with zero attached hydrogens (tertiary/aromatic N) is 2. The van der Waals surface area contributed by atoms with Gasteiger partial charge in [0.2, 0.25) is 0 Å². The lowest BCUT2D eigenvalue weighted by atomic mass is 10.3. The second-order valence-electron chi connectivity index (χ2n) is 2.94. The molecule has 1 heterocycles. The Bertz CT molecular complexity index is 243. The van der Waals surface area contributed by atoms with Crippen LogP contribution in [-0.2, 0) is 0 Å². The van der Waals surface area contributed by atoms with Crippen LogP contribution in [0, 0.1) is 0 Å². The highest BCUT2D eigenvalue weighted by atomic mass is 16.3. The highest BCUT2D eigenvalue weighted by molar-refractivity contribution is 5.72. The molecule has 0 fully saturated rings. The van der Waals surface area contributed by atoms with Gasteiger partial charge in [-0.1, -0.05) is 6.08 Å². The first kappa shape index (κ1) is 9.95. The van der Waals surface area contributed by atoms with Crippen molar-refractivity contribution < 1.29 is 5.11 Å². The molecule has 0 aliphatic carbocycles. The first-order valence-corrected chi connectivity index (χ1v) is 4.24. The lowest BCUT2D eigenvalue weighted by Gasteiger charge is -2.20. The Hall–Kier alpha value is -1.13. The molecule has 4 nitrogen and oxygen atoms in total. The van der Waals surface area contributed by atoms with Crippen molar-refractivity contribution in [2.45, 2.75) is 19.6 Å². The van der Waals surface area contributed by atoms with Crippen molar-refractivity contribution >= 4 is 6.21 Å². The number of aliphatic hydroxyl groups excluding tert-OH is 1. The minimum Gasteiger partial charge on any atom is -0.379 e. The molecule has 0 saturated carbocycles. The number of aliphatic hydroxyl groups is 1. The van der Waals surface area contributed by atoms with Gasteiger partial charge in [-0.25, -0.2) is 0 Å². The van der Waals surface area contributed by atoms with Crippen LogP contribution >= 0.6 is 0 Å². The van der Waals surface area contributed by atoms with Crippen molar-refractivity contribution in [2.24, 2.45) is 10.7 Å². The highest BCUT2D eigenvalue weighted by Gasteiger charge is 2.02. The van der Waals surface area contributed by atoms with Crippen LogP contribution in [0.25, 0.3) is 0 Å². The maximum Gasteiger partial charge on any atom is 0.113 e. The van der Waals surface area contributed by atoms with E-state index in [0.29, 0.717) is 13.1 Å². The molecule has 4 heteroatoms. The number of hydrogen-bond acceptors (Lipinski definition) is 4. The topological polar surface area (TPSA) is 61.8 Å². The summed E-state index contributed by atoms with van der Waals surface area (Å²) in [6.07, 6.45) is 7.15. The van der Waals surface area contributed by atoms with Crippen LogP contribution in [0.3, 0.4) is 0 Å². The lowest BCUT2D eigenvalue weighted by molar-refractivity contribution is 0.185. The van der Waals surface area contributed by atoms with Gasteiger partial charge in [0, 0.05) is 24.5 Å². The standard InChI is InChI=1S/C9H15N3O/c1-8-4-5-11-7-12(8)6-2-3-9(10)13/h2,4-6,9,13H,3,7,10H2,1H3/b6-2-. The van der Waals surface area contributed by atoms with Crippen molar-refractivity contribution in [3.8, 4) is 0 Å². The summed E-state index contributed by atoms with van der Waals surface area (Å²) < 4.78 is 0. The van der Waals surface area contributed by atoms with E-state index in [2.05, 4.69) is 4.99 Å². The van der Waals surface area contributed by atoms with Crippen LogP contribution in [0.4, 0.5) is 0 Å². The summed E-state index contributed by atoms with van der Waals surface area (Å²) in [7, 11) is 0. The minimum absolute atomic E-state index is 0.466. The maximum absolute atomic E-state index is 8.81. The summed E-state index contributed by atoms with van der Waals surface area (Å²) in [4.78, 5) is 6.07. The fraction of sp³-hybridized carbons (Fsp3) is 0.444. The average Bonchev–Trinajstić information content (AvgIpc) is 2.08. The quantitative estimate of drug-likeness (QED) is 0.620. The van der Waals surface area contributed by atoms with Gasteiger partial charge in [-0.15, -0.1) is 0 Å². The number of allylic oxidation sites excluding steroid dienone is 2. The van der Waals surface area contributed by atoms with E-state index in [1.54, 1.807) is 6.21 Å². The molecule has 13 heavy (non-hydrogen) atoms. The zero-order valence-corrected chi connectivity index (χ0v) is 7.72. The second kappa shape index (κ2) is 4.79. The molecule has 1 aliphatic rings. The highest BCUT2D eigenvalue weighted by Crippen LogP contribution is 2.07.